The van der Waals surface area contributed by atoms with Crippen molar-refractivity contribution < 1.29 is 9.90 Å². The van der Waals surface area contributed by atoms with Gasteiger partial charge >= 0.3 is 5.97 Å². The van der Waals surface area contributed by atoms with Gasteiger partial charge in [-0.2, -0.15) is 0 Å². The van der Waals surface area contributed by atoms with Crippen LogP contribution in [0.1, 0.15) is 24.8 Å². The summed E-state index contributed by atoms with van der Waals surface area (Å²) in [5.41, 5.74) is 1.19. The second-order valence-electron chi connectivity index (χ2n) is 7.48. The van der Waals surface area contributed by atoms with E-state index in [-0.39, 0.29) is 6.42 Å². The molecular formula is C19H30N4O2. The molecule has 6 nitrogen and oxygen atoms in total. The molecule has 1 aromatic heterocycles. The Balaban J connectivity index is 1.71. The number of hydrogen-bond donors (Lipinski definition) is 1. The molecule has 2 saturated heterocycles. The lowest BCUT2D eigenvalue weighted by atomic mass is 9.86. The van der Waals surface area contributed by atoms with Crippen molar-refractivity contribution in [2.75, 3.05) is 51.2 Å². The third-order valence-corrected chi connectivity index (χ3v) is 5.71. The van der Waals surface area contributed by atoms with Crippen LogP contribution in [0.15, 0.2) is 18.3 Å². The fraction of sp³-hybridized carbons (Fsp3) is 0.684. The Morgan fingerprint density at radius 2 is 2.04 bits per heavy atom. The quantitative estimate of drug-likeness (QED) is 0.876. The Bertz CT molecular complexity index is 587. The number of likely N-dealkylation sites (N-methyl/N-ethyl adjacent to an activating group) is 1. The van der Waals surface area contributed by atoms with E-state index in [1.54, 1.807) is 0 Å². The lowest BCUT2D eigenvalue weighted by molar-refractivity contribution is -0.137. The van der Waals surface area contributed by atoms with E-state index in [2.05, 4.69) is 39.7 Å². The number of anilines is 1. The van der Waals surface area contributed by atoms with Crippen LogP contribution in [0.2, 0.25) is 0 Å². The maximum absolute atomic E-state index is 11.1. The first-order chi connectivity index (χ1) is 12.0. The highest BCUT2D eigenvalue weighted by atomic mass is 16.4. The van der Waals surface area contributed by atoms with Crippen LogP contribution in [-0.4, -0.2) is 78.2 Å². The second-order valence-corrected chi connectivity index (χ2v) is 7.48. The Labute approximate surface area is 150 Å². The normalized spacial score (nSPS) is 25.9. The Morgan fingerprint density at radius 3 is 2.72 bits per heavy atom. The number of carboxylic acids is 1. The van der Waals surface area contributed by atoms with Crippen molar-refractivity contribution in [1.82, 2.24) is 14.8 Å². The van der Waals surface area contributed by atoms with E-state index >= 15 is 0 Å². The van der Waals surface area contributed by atoms with E-state index in [1.165, 1.54) is 5.56 Å². The maximum atomic E-state index is 11.1. The van der Waals surface area contributed by atoms with Crippen molar-refractivity contribution in [1.29, 1.82) is 0 Å². The third kappa shape index (κ3) is 4.50. The summed E-state index contributed by atoms with van der Waals surface area (Å²) in [6, 6.07) is 4.56. The fourth-order valence-corrected chi connectivity index (χ4v) is 4.25. The van der Waals surface area contributed by atoms with Crippen LogP contribution < -0.4 is 4.90 Å². The number of carbonyl (C=O) groups is 1. The van der Waals surface area contributed by atoms with Crippen LogP contribution in [0, 0.1) is 12.8 Å². The molecular weight excluding hydrogens is 316 g/mol. The van der Waals surface area contributed by atoms with Crippen molar-refractivity contribution in [2.24, 2.45) is 5.92 Å². The zero-order chi connectivity index (χ0) is 17.8. The van der Waals surface area contributed by atoms with E-state index in [0.29, 0.717) is 12.0 Å². The molecule has 1 N–H and O–H groups in total. The second kappa shape index (κ2) is 8.15. The Hall–Kier alpha value is -1.66. The summed E-state index contributed by atoms with van der Waals surface area (Å²) in [4.78, 5) is 23.0. The summed E-state index contributed by atoms with van der Waals surface area (Å²) in [6.45, 7) is 8.39. The van der Waals surface area contributed by atoms with Crippen LogP contribution in [0.25, 0.3) is 0 Å². The van der Waals surface area contributed by atoms with E-state index in [1.807, 2.05) is 12.3 Å². The largest absolute Gasteiger partial charge is 0.481 e. The van der Waals surface area contributed by atoms with Crippen LogP contribution in [0.5, 0.6) is 0 Å². The van der Waals surface area contributed by atoms with Crippen LogP contribution in [0.3, 0.4) is 0 Å². The number of aromatic nitrogens is 1. The highest BCUT2D eigenvalue weighted by Crippen LogP contribution is 2.30. The Morgan fingerprint density at radius 1 is 1.28 bits per heavy atom. The summed E-state index contributed by atoms with van der Waals surface area (Å²) in [5, 5.41) is 9.16. The molecule has 0 aliphatic carbocycles. The molecule has 2 aliphatic heterocycles. The first-order valence-electron chi connectivity index (χ1n) is 9.35. The van der Waals surface area contributed by atoms with E-state index < -0.39 is 5.97 Å². The molecule has 0 amide bonds. The molecule has 1 aromatic rings. The lowest BCUT2D eigenvalue weighted by Crippen LogP contribution is -2.56. The van der Waals surface area contributed by atoms with Gasteiger partial charge in [-0.15, -0.1) is 0 Å². The van der Waals surface area contributed by atoms with Gasteiger partial charge in [0.1, 0.15) is 5.82 Å². The van der Waals surface area contributed by atoms with Crippen molar-refractivity contribution in [3.63, 3.8) is 0 Å². The van der Waals surface area contributed by atoms with Crippen molar-refractivity contribution in [3.8, 4) is 0 Å². The molecule has 0 unspecified atom stereocenters. The number of carboxylic acid groups (broad SMARTS) is 1. The average molecular weight is 346 g/mol. The molecule has 0 spiro atoms. The van der Waals surface area contributed by atoms with E-state index in [0.717, 1.165) is 57.9 Å². The summed E-state index contributed by atoms with van der Waals surface area (Å²) < 4.78 is 0. The summed E-state index contributed by atoms with van der Waals surface area (Å²) >= 11 is 0. The molecule has 2 aliphatic rings. The van der Waals surface area contributed by atoms with Gasteiger partial charge in [0.2, 0.25) is 0 Å². The molecule has 3 heterocycles. The van der Waals surface area contributed by atoms with Gasteiger partial charge in [-0.1, -0.05) is 6.07 Å². The first-order valence-corrected chi connectivity index (χ1v) is 9.35. The number of hydrogen-bond acceptors (Lipinski definition) is 5. The predicted octanol–water partition coefficient (Wildman–Crippen LogP) is 1.70. The third-order valence-electron chi connectivity index (χ3n) is 5.71. The smallest absolute Gasteiger partial charge is 0.303 e. The average Bonchev–Trinajstić information content (AvgIpc) is 2.61. The highest BCUT2D eigenvalue weighted by molar-refractivity contribution is 5.66. The molecule has 2 atom stereocenters. The minimum absolute atomic E-state index is 0.254. The number of piperazine rings is 1. The number of pyridine rings is 1. The molecule has 3 rings (SSSR count). The van der Waals surface area contributed by atoms with Crippen LogP contribution in [-0.2, 0) is 4.79 Å². The molecule has 0 saturated carbocycles. The SMILES string of the molecule is Cc1cccnc1N1CC[C@H](N2CCN(C)CC2)[C@H](CCC(=O)O)C1. The van der Waals surface area contributed by atoms with Gasteiger partial charge < -0.3 is 14.9 Å². The number of nitrogens with zero attached hydrogens (tertiary/aromatic N) is 4. The molecule has 0 aromatic carbocycles. The molecule has 0 radical (unpaired) electrons. The van der Waals surface area contributed by atoms with Crippen molar-refractivity contribution in [3.05, 3.63) is 23.9 Å². The van der Waals surface area contributed by atoms with Gasteiger partial charge in [0.05, 0.1) is 0 Å². The predicted molar refractivity (Wildman–Crippen MR) is 99.0 cm³/mol. The minimum Gasteiger partial charge on any atom is -0.481 e. The van der Waals surface area contributed by atoms with Crippen LogP contribution >= 0.6 is 0 Å². The maximum Gasteiger partial charge on any atom is 0.303 e. The number of aliphatic carboxylic acids is 1. The monoisotopic (exact) mass is 346 g/mol. The van der Waals surface area contributed by atoms with Crippen molar-refractivity contribution >= 4 is 11.8 Å². The fourth-order valence-electron chi connectivity index (χ4n) is 4.25. The number of rotatable bonds is 5. The summed E-state index contributed by atoms with van der Waals surface area (Å²) in [5.74, 6) is 0.748. The number of aryl methyl sites for hydroxylation is 1. The molecule has 138 valence electrons. The highest BCUT2D eigenvalue weighted by Gasteiger charge is 2.35. The van der Waals surface area contributed by atoms with E-state index in [9.17, 15) is 4.79 Å². The summed E-state index contributed by atoms with van der Waals surface area (Å²) in [7, 11) is 2.17. The topological polar surface area (TPSA) is 59.9 Å². The molecule has 2 fully saturated rings. The zero-order valence-electron chi connectivity index (χ0n) is 15.4. The van der Waals surface area contributed by atoms with Crippen molar-refractivity contribution in [2.45, 2.75) is 32.2 Å². The lowest BCUT2D eigenvalue weighted by Gasteiger charge is -2.47. The first kappa shape index (κ1) is 18.1. The minimum atomic E-state index is -0.691. The summed E-state index contributed by atoms with van der Waals surface area (Å²) in [6.07, 6.45) is 3.93. The van der Waals surface area contributed by atoms with Gasteiger partial charge in [-0.05, 0) is 44.4 Å². The molecule has 25 heavy (non-hydrogen) atoms. The molecule has 0 bridgehead atoms. The standard InChI is InChI=1S/C19H30N4O2/c1-15-4-3-8-20-19(15)23-9-7-17(16(14-23)5-6-18(24)25)22-12-10-21(2)11-13-22/h3-4,8,16-17H,5-7,9-14H2,1-2H3,(H,24,25)/t16-,17+/m1/s1. The van der Waals surface area contributed by atoms with Gasteiger partial charge in [0, 0.05) is 57.9 Å². The number of piperidine rings is 1. The van der Waals surface area contributed by atoms with Crippen LogP contribution in [0.4, 0.5) is 5.82 Å². The van der Waals surface area contributed by atoms with Gasteiger partial charge in [0.15, 0.2) is 0 Å². The van der Waals surface area contributed by atoms with Gasteiger partial charge in [0.25, 0.3) is 0 Å². The zero-order valence-corrected chi connectivity index (χ0v) is 15.4. The van der Waals surface area contributed by atoms with E-state index in [4.69, 9.17) is 5.11 Å². The Kier molecular flexibility index (Phi) is 5.91. The molecule has 6 heteroatoms. The van der Waals surface area contributed by atoms with Gasteiger partial charge in [-0.25, -0.2) is 4.98 Å². The van der Waals surface area contributed by atoms with Gasteiger partial charge in [-0.3, -0.25) is 9.69 Å².